The second kappa shape index (κ2) is 10.9. The van der Waals surface area contributed by atoms with Crippen LogP contribution in [0.5, 0.6) is 11.5 Å². The van der Waals surface area contributed by atoms with Crippen LogP contribution < -0.4 is 14.4 Å². The molecular formula is C27H28ClFN2O3. The molecule has 1 amide bonds. The lowest BCUT2D eigenvalue weighted by Gasteiger charge is -2.39. The third-order valence-electron chi connectivity index (χ3n) is 6.20. The number of hydrogen-bond acceptors (Lipinski definition) is 4. The zero-order valence-corrected chi connectivity index (χ0v) is 20.1. The van der Waals surface area contributed by atoms with E-state index in [-0.39, 0.29) is 17.8 Å². The van der Waals surface area contributed by atoms with Gasteiger partial charge in [0.2, 0.25) is 0 Å². The number of carbonyl (C=O) groups excluding carboxylic acids is 1. The first kappa shape index (κ1) is 24.0. The first-order valence-corrected chi connectivity index (χ1v) is 11.6. The lowest BCUT2D eigenvalue weighted by Crippen LogP contribution is -2.47. The lowest BCUT2D eigenvalue weighted by molar-refractivity contribution is 0.0958. The molecule has 1 heterocycles. The van der Waals surface area contributed by atoms with Gasteiger partial charge >= 0.3 is 0 Å². The average molecular weight is 483 g/mol. The number of hydrogen-bond donors (Lipinski definition) is 0. The molecule has 34 heavy (non-hydrogen) atoms. The highest BCUT2D eigenvalue weighted by atomic mass is 35.5. The number of benzene rings is 3. The summed E-state index contributed by atoms with van der Waals surface area (Å²) in [6.45, 7) is 2.55. The van der Waals surface area contributed by atoms with Crippen LogP contribution >= 0.6 is 11.6 Å². The normalized spacial score (nSPS) is 14.6. The summed E-state index contributed by atoms with van der Waals surface area (Å²) in [6.07, 6.45) is 1.63. The van der Waals surface area contributed by atoms with Gasteiger partial charge in [-0.15, -0.1) is 0 Å². The van der Waals surface area contributed by atoms with Crippen molar-refractivity contribution in [2.75, 3.05) is 32.2 Å². The maximum Gasteiger partial charge on any atom is 0.258 e. The molecule has 0 unspecified atom stereocenters. The minimum Gasteiger partial charge on any atom is -0.493 e. The Bertz CT molecular complexity index is 1110. The van der Waals surface area contributed by atoms with Crippen molar-refractivity contribution in [3.63, 3.8) is 0 Å². The third kappa shape index (κ3) is 5.51. The van der Waals surface area contributed by atoms with E-state index in [0.29, 0.717) is 17.1 Å². The smallest absolute Gasteiger partial charge is 0.258 e. The molecule has 0 radical (unpaired) electrons. The van der Waals surface area contributed by atoms with Crippen LogP contribution in [0.1, 0.15) is 28.8 Å². The Morgan fingerprint density at radius 2 is 1.62 bits per heavy atom. The Kier molecular flexibility index (Phi) is 7.70. The van der Waals surface area contributed by atoms with E-state index in [1.165, 1.54) is 29.8 Å². The van der Waals surface area contributed by atoms with Crippen LogP contribution in [0.4, 0.5) is 10.1 Å². The van der Waals surface area contributed by atoms with E-state index < -0.39 is 0 Å². The molecule has 0 bridgehead atoms. The summed E-state index contributed by atoms with van der Waals surface area (Å²) in [5.41, 5.74) is 2.38. The highest BCUT2D eigenvalue weighted by Gasteiger charge is 2.30. The molecule has 0 spiro atoms. The molecule has 0 saturated carbocycles. The molecule has 1 saturated heterocycles. The second-order valence-electron chi connectivity index (χ2n) is 8.36. The van der Waals surface area contributed by atoms with Crippen molar-refractivity contribution >= 4 is 23.2 Å². The van der Waals surface area contributed by atoms with Crippen LogP contribution in [0.3, 0.4) is 0 Å². The largest absolute Gasteiger partial charge is 0.493 e. The zero-order chi connectivity index (χ0) is 24.1. The van der Waals surface area contributed by atoms with E-state index in [1.54, 1.807) is 20.3 Å². The average Bonchev–Trinajstić information content (AvgIpc) is 2.87. The molecule has 178 valence electrons. The standard InChI is InChI=1S/C27H28ClFN2O3/c1-33-25-12-11-24(17-26(25)34-2)31(27(32)20-5-9-22(29)10-6-20)23-13-15-30(16-14-23)18-19-3-7-21(28)8-4-19/h3-12,17,23H,13-16,18H2,1-2H3. The summed E-state index contributed by atoms with van der Waals surface area (Å²) in [4.78, 5) is 17.8. The van der Waals surface area contributed by atoms with Gasteiger partial charge in [0.15, 0.2) is 11.5 Å². The zero-order valence-electron chi connectivity index (χ0n) is 19.3. The number of ether oxygens (including phenoxy) is 2. The quantitative estimate of drug-likeness (QED) is 0.426. The number of carbonyl (C=O) groups is 1. The van der Waals surface area contributed by atoms with Crippen LogP contribution in [-0.4, -0.2) is 44.2 Å². The van der Waals surface area contributed by atoms with Gasteiger partial charge in [0, 0.05) is 48.0 Å². The Balaban J connectivity index is 1.56. The maximum absolute atomic E-state index is 13.6. The monoisotopic (exact) mass is 482 g/mol. The van der Waals surface area contributed by atoms with Gasteiger partial charge in [-0.2, -0.15) is 0 Å². The molecule has 0 aromatic heterocycles. The maximum atomic E-state index is 13.6. The van der Waals surface area contributed by atoms with Crippen LogP contribution in [0, 0.1) is 5.82 Å². The van der Waals surface area contributed by atoms with Crippen LogP contribution in [-0.2, 0) is 6.54 Å². The Morgan fingerprint density at radius 1 is 0.971 bits per heavy atom. The van der Waals surface area contributed by atoms with Crippen molar-refractivity contribution < 1.29 is 18.7 Å². The predicted molar refractivity (Wildman–Crippen MR) is 133 cm³/mol. The number of nitrogens with zero attached hydrogens (tertiary/aromatic N) is 2. The highest BCUT2D eigenvalue weighted by molar-refractivity contribution is 6.30. The van der Waals surface area contributed by atoms with Gasteiger partial charge in [-0.3, -0.25) is 9.69 Å². The van der Waals surface area contributed by atoms with Crippen molar-refractivity contribution in [2.24, 2.45) is 0 Å². The van der Waals surface area contributed by atoms with Gasteiger partial charge < -0.3 is 14.4 Å². The van der Waals surface area contributed by atoms with Gasteiger partial charge in [0.1, 0.15) is 5.82 Å². The molecule has 5 nitrogen and oxygen atoms in total. The van der Waals surface area contributed by atoms with Crippen molar-refractivity contribution in [1.82, 2.24) is 4.90 Å². The Hall–Kier alpha value is -3.09. The third-order valence-corrected chi connectivity index (χ3v) is 6.45. The molecule has 4 rings (SSSR count). The SMILES string of the molecule is COc1ccc(N(C(=O)c2ccc(F)cc2)C2CCN(Cc3ccc(Cl)cc3)CC2)cc1OC. The van der Waals surface area contributed by atoms with E-state index in [0.717, 1.165) is 43.2 Å². The lowest BCUT2D eigenvalue weighted by atomic mass is 10.00. The number of rotatable bonds is 7. The second-order valence-corrected chi connectivity index (χ2v) is 8.79. The highest BCUT2D eigenvalue weighted by Crippen LogP contribution is 2.34. The summed E-state index contributed by atoms with van der Waals surface area (Å²) >= 11 is 6.01. The fourth-order valence-electron chi connectivity index (χ4n) is 4.38. The molecule has 0 N–H and O–H groups in total. The fourth-order valence-corrected chi connectivity index (χ4v) is 4.51. The first-order valence-electron chi connectivity index (χ1n) is 11.3. The number of halogens is 2. The molecular weight excluding hydrogens is 455 g/mol. The molecule has 1 aliphatic heterocycles. The number of piperidine rings is 1. The van der Waals surface area contributed by atoms with Crippen LogP contribution in [0.15, 0.2) is 66.7 Å². The van der Waals surface area contributed by atoms with E-state index in [4.69, 9.17) is 21.1 Å². The number of likely N-dealkylation sites (tertiary alicyclic amines) is 1. The van der Waals surface area contributed by atoms with Gasteiger partial charge in [0.05, 0.1) is 14.2 Å². The predicted octanol–water partition coefficient (Wildman–Crippen LogP) is 5.81. The van der Waals surface area contributed by atoms with Gasteiger partial charge in [-0.25, -0.2) is 4.39 Å². The summed E-state index contributed by atoms with van der Waals surface area (Å²) in [5, 5.41) is 0.729. The van der Waals surface area contributed by atoms with Gasteiger partial charge in [-0.05, 0) is 66.9 Å². The fraction of sp³-hybridized carbons (Fsp3) is 0.296. The molecule has 3 aromatic rings. The van der Waals surface area contributed by atoms with Crippen molar-refractivity contribution in [1.29, 1.82) is 0 Å². The van der Waals surface area contributed by atoms with E-state index in [2.05, 4.69) is 4.90 Å². The van der Waals surface area contributed by atoms with Crippen molar-refractivity contribution in [3.8, 4) is 11.5 Å². The van der Waals surface area contributed by atoms with E-state index in [9.17, 15) is 9.18 Å². The minimum absolute atomic E-state index is 0.00266. The summed E-state index contributed by atoms with van der Waals surface area (Å²) in [6, 6.07) is 19.1. The first-order chi connectivity index (χ1) is 16.5. The van der Waals surface area contributed by atoms with Gasteiger partial charge in [-0.1, -0.05) is 23.7 Å². The minimum atomic E-state index is -0.371. The van der Waals surface area contributed by atoms with Crippen molar-refractivity contribution in [2.45, 2.75) is 25.4 Å². The molecule has 3 aromatic carbocycles. The summed E-state index contributed by atoms with van der Waals surface area (Å²) < 4.78 is 24.3. The molecule has 1 aliphatic rings. The molecule has 0 aliphatic carbocycles. The van der Waals surface area contributed by atoms with Gasteiger partial charge in [0.25, 0.3) is 5.91 Å². The molecule has 1 fully saturated rings. The molecule has 7 heteroatoms. The number of amides is 1. The number of methoxy groups -OCH3 is 2. The van der Waals surface area contributed by atoms with E-state index >= 15 is 0 Å². The van der Waals surface area contributed by atoms with Crippen molar-refractivity contribution in [3.05, 3.63) is 88.7 Å². The topological polar surface area (TPSA) is 42.0 Å². The molecule has 0 atom stereocenters. The van der Waals surface area contributed by atoms with Crippen LogP contribution in [0.2, 0.25) is 5.02 Å². The Morgan fingerprint density at radius 3 is 2.24 bits per heavy atom. The Labute approximate surface area is 204 Å². The number of anilines is 1. The van der Waals surface area contributed by atoms with E-state index in [1.807, 2.05) is 41.3 Å². The van der Waals surface area contributed by atoms with Crippen LogP contribution in [0.25, 0.3) is 0 Å². The summed E-state index contributed by atoms with van der Waals surface area (Å²) in [7, 11) is 3.15. The summed E-state index contributed by atoms with van der Waals surface area (Å²) in [5.74, 6) is 0.614.